The molecule has 0 spiro atoms. The molecule has 2 aliphatic rings. The SMILES string of the molecule is CC[C@H](C)[C@@H]([C@@H](CC(=O)N1CCC[C@H]1[C@H](OC)[C@@H](C)C(=O)NC(CCc1ccccc1)S(=O)(=O)Cc1ccccc1)OC)N(C)C(=O)[C@@H](NC(=O)[C@H](C(C)C)N(C)CCCC(=O)NNC(=O)CCCCCN1C(=O)C=CC1=O)C(C)C. The summed E-state index contributed by atoms with van der Waals surface area (Å²) < 4.78 is 40.1. The molecule has 4 rings (SSSR count). The van der Waals surface area contributed by atoms with Gasteiger partial charge in [-0.05, 0) is 87.4 Å². The Morgan fingerprint density at radius 3 is 1.89 bits per heavy atom. The minimum atomic E-state index is -3.87. The van der Waals surface area contributed by atoms with E-state index in [4.69, 9.17) is 9.47 Å². The zero-order valence-corrected chi connectivity index (χ0v) is 50.5. The molecule has 4 N–H and O–H groups in total. The van der Waals surface area contributed by atoms with Gasteiger partial charge in [-0.1, -0.05) is 122 Å². The number of rotatable bonds is 34. The molecular formula is C60H92N8O12S. The number of unbranched alkanes of at least 4 members (excludes halogenated alkanes) is 2. The predicted molar refractivity (Wildman–Crippen MR) is 310 cm³/mol. The van der Waals surface area contributed by atoms with E-state index >= 15 is 0 Å². The van der Waals surface area contributed by atoms with Crippen LogP contribution >= 0.6 is 0 Å². The lowest BCUT2D eigenvalue weighted by molar-refractivity contribution is -0.148. The first-order valence-corrected chi connectivity index (χ1v) is 30.5. The molecule has 0 aliphatic carbocycles. The molecule has 9 atom stereocenters. The van der Waals surface area contributed by atoms with E-state index in [2.05, 4.69) is 21.5 Å². The Balaban J connectivity index is 1.36. The number of imide groups is 1. The number of hydrogen-bond acceptors (Lipinski definition) is 13. The van der Waals surface area contributed by atoms with Crippen LogP contribution in [0.2, 0.25) is 0 Å². The third-order valence-corrected chi connectivity index (χ3v) is 17.7. The van der Waals surface area contributed by atoms with Crippen molar-refractivity contribution < 1.29 is 56.2 Å². The fourth-order valence-electron chi connectivity index (χ4n) is 11.0. The van der Waals surface area contributed by atoms with Gasteiger partial charge in [0.25, 0.3) is 11.8 Å². The van der Waals surface area contributed by atoms with Gasteiger partial charge in [0, 0.05) is 59.4 Å². The number of sulfone groups is 1. The molecule has 0 saturated carbocycles. The summed E-state index contributed by atoms with van der Waals surface area (Å²) in [5.41, 5.74) is 6.41. The van der Waals surface area contributed by atoms with Crippen molar-refractivity contribution in [2.75, 3.05) is 47.9 Å². The van der Waals surface area contributed by atoms with Gasteiger partial charge >= 0.3 is 0 Å². The number of likely N-dealkylation sites (tertiary alicyclic amines) is 1. The monoisotopic (exact) mass is 1150 g/mol. The summed E-state index contributed by atoms with van der Waals surface area (Å²) in [5, 5.41) is 4.74. The predicted octanol–water partition coefficient (Wildman–Crippen LogP) is 5.11. The summed E-state index contributed by atoms with van der Waals surface area (Å²) in [6, 6.07) is 15.7. The lowest BCUT2D eigenvalue weighted by Crippen LogP contribution is -2.60. The average Bonchev–Trinajstić information content (AvgIpc) is 4.05. The van der Waals surface area contributed by atoms with E-state index in [1.807, 2.05) is 82.8 Å². The van der Waals surface area contributed by atoms with Crippen molar-refractivity contribution in [1.29, 1.82) is 0 Å². The van der Waals surface area contributed by atoms with E-state index in [1.54, 1.807) is 55.1 Å². The fraction of sp³-hybridized carbons (Fsp3) is 0.633. The van der Waals surface area contributed by atoms with Gasteiger partial charge in [-0.25, -0.2) is 8.42 Å². The number of carbonyl (C=O) groups excluding carboxylic acids is 8. The quantitative estimate of drug-likeness (QED) is 0.0405. The number of hydrazine groups is 1. The van der Waals surface area contributed by atoms with Crippen LogP contribution in [0.5, 0.6) is 0 Å². The molecule has 21 heteroatoms. The summed E-state index contributed by atoms with van der Waals surface area (Å²) in [6.07, 6.45) is 5.55. The zero-order chi connectivity index (χ0) is 60.0. The van der Waals surface area contributed by atoms with Crippen molar-refractivity contribution >= 4 is 57.1 Å². The highest BCUT2D eigenvalue weighted by molar-refractivity contribution is 7.91. The van der Waals surface area contributed by atoms with Crippen LogP contribution in [0, 0.1) is 23.7 Å². The van der Waals surface area contributed by atoms with Crippen LogP contribution < -0.4 is 21.5 Å². The molecule has 2 heterocycles. The Morgan fingerprint density at radius 1 is 0.741 bits per heavy atom. The maximum absolute atomic E-state index is 14.7. The van der Waals surface area contributed by atoms with E-state index in [-0.39, 0.29) is 91.2 Å². The number of nitrogens with one attached hydrogen (secondary N) is 4. The van der Waals surface area contributed by atoms with Crippen molar-refractivity contribution in [2.24, 2.45) is 23.7 Å². The molecule has 450 valence electrons. The average molecular weight is 1150 g/mol. The Labute approximate surface area is 481 Å². The van der Waals surface area contributed by atoms with Gasteiger partial charge in [-0.15, -0.1) is 0 Å². The molecule has 0 aromatic heterocycles. The minimum Gasteiger partial charge on any atom is -0.379 e. The molecule has 1 unspecified atom stereocenters. The van der Waals surface area contributed by atoms with Crippen LogP contribution in [0.15, 0.2) is 72.8 Å². The van der Waals surface area contributed by atoms with Crippen LogP contribution in [0.3, 0.4) is 0 Å². The number of amides is 8. The van der Waals surface area contributed by atoms with Gasteiger partial charge < -0.3 is 29.9 Å². The molecule has 81 heavy (non-hydrogen) atoms. The second kappa shape index (κ2) is 33.2. The van der Waals surface area contributed by atoms with Gasteiger partial charge in [0.2, 0.25) is 35.4 Å². The topological polar surface area (TPSA) is 250 Å². The maximum Gasteiger partial charge on any atom is 0.253 e. The number of hydrogen-bond donors (Lipinski definition) is 4. The standard InChI is InChI=1S/C60H92N8O12S/c1-12-42(6)56(66(9)60(76)54(40(2)3)62-59(75)55(41(4)5)65(8)35-23-30-49(70)64-63-48(69)29-20-15-21-36-68-51(71)33-34-52(68)72)47(79-10)38-53(73)67-37-22-28-46(67)57(80-11)43(7)58(74)61-50(32-31-44-24-16-13-17-25-44)81(77,78)39-45-26-18-14-19-27-45/h13-14,16-19,24-27,33-34,40-43,46-47,50,54-57H,12,15,20-23,28-32,35-39H2,1-11H3,(H,61,74)(H,62,75)(H,63,69)(H,64,70)/t42-,43+,46-,47+,50?,54-,55-,56-,57+/m0/s1. The van der Waals surface area contributed by atoms with E-state index in [1.165, 1.54) is 26.4 Å². The normalized spacial score (nSPS) is 17.6. The van der Waals surface area contributed by atoms with E-state index in [0.29, 0.717) is 70.0 Å². The molecule has 20 nitrogen and oxygen atoms in total. The highest BCUT2D eigenvalue weighted by Crippen LogP contribution is 2.30. The first kappa shape index (κ1) is 67.5. The summed E-state index contributed by atoms with van der Waals surface area (Å²) in [7, 11) is 2.59. The van der Waals surface area contributed by atoms with Gasteiger partial charge in [-0.2, -0.15) is 0 Å². The van der Waals surface area contributed by atoms with Gasteiger partial charge in [0.15, 0.2) is 9.84 Å². The number of aryl methyl sites for hydroxylation is 1. The van der Waals surface area contributed by atoms with E-state index in [9.17, 15) is 46.8 Å². The van der Waals surface area contributed by atoms with Crippen LogP contribution in [0.4, 0.5) is 0 Å². The van der Waals surface area contributed by atoms with E-state index < -0.39 is 69.3 Å². The van der Waals surface area contributed by atoms with Crippen molar-refractivity contribution in [1.82, 2.24) is 41.1 Å². The van der Waals surface area contributed by atoms with Crippen LogP contribution in [-0.4, -0.2) is 165 Å². The Hall–Kier alpha value is -6.03. The number of likely N-dealkylation sites (N-methyl/N-ethyl adjacent to an activating group) is 2. The third kappa shape index (κ3) is 20.1. The summed E-state index contributed by atoms with van der Waals surface area (Å²) in [5.74, 6) is -4.64. The Morgan fingerprint density at radius 2 is 1.33 bits per heavy atom. The second-order valence-electron chi connectivity index (χ2n) is 22.5. The second-order valence-corrected chi connectivity index (χ2v) is 24.7. The number of ether oxygens (including phenoxy) is 2. The van der Waals surface area contributed by atoms with Crippen LogP contribution in [0.1, 0.15) is 130 Å². The van der Waals surface area contributed by atoms with Gasteiger partial charge in [0.1, 0.15) is 11.4 Å². The zero-order valence-electron chi connectivity index (χ0n) is 49.7. The first-order valence-electron chi connectivity index (χ1n) is 28.8. The number of methoxy groups -OCH3 is 2. The largest absolute Gasteiger partial charge is 0.379 e. The van der Waals surface area contributed by atoms with Crippen molar-refractivity contribution in [2.45, 2.75) is 173 Å². The lowest BCUT2D eigenvalue weighted by atomic mass is 9.89. The van der Waals surface area contributed by atoms with Crippen LogP contribution in [0.25, 0.3) is 0 Å². The van der Waals surface area contributed by atoms with Gasteiger partial charge in [0.05, 0.1) is 48.4 Å². The van der Waals surface area contributed by atoms with Crippen molar-refractivity contribution in [3.05, 3.63) is 83.9 Å². The molecule has 1 fully saturated rings. The Kier molecular flexibility index (Phi) is 27.6. The minimum absolute atomic E-state index is 0.0726. The van der Waals surface area contributed by atoms with Crippen LogP contribution in [-0.2, 0) is 69.8 Å². The smallest absolute Gasteiger partial charge is 0.253 e. The summed E-state index contributed by atoms with van der Waals surface area (Å²) >= 11 is 0. The molecule has 0 radical (unpaired) electrons. The van der Waals surface area contributed by atoms with Crippen molar-refractivity contribution in [3.8, 4) is 0 Å². The highest BCUT2D eigenvalue weighted by Gasteiger charge is 2.44. The lowest BCUT2D eigenvalue weighted by Gasteiger charge is -2.41. The molecule has 1 saturated heterocycles. The molecule has 2 aromatic carbocycles. The first-order chi connectivity index (χ1) is 38.4. The highest BCUT2D eigenvalue weighted by atomic mass is 32.2. The number of carbonyl (C=O) groups is 8. The molecular weight excluding hydrogens is 1060 g/mol. The molecule has 2 aliphatic heterocycles. The van der Waals surface area contributed by atoms with Gasteiger partial charge in [-0.3, -0.25) is 59.0 Å². The fourth-order valence-corrected chi connectivity index (χ4v) is 12.7. The van der Waals surface area contributed by atoms with Crippen molar-refractivity contribution in [3.63, 3.8) is 0 Å². The molecule has 0 bridgehead atoms. The number of nitrogens with zero attached hydrogens (tertiary/aromatic N) is 4. The molecule has 8 amide bonds. The maximum atomic E-state index is 14.7. The number of benzene rings is 2. The summed E-state index contributed by atoms with van der Waals surface area (Å²) in [6.45, 7) is 14.2. The van der Waals surface area contributed by atoms with E-state index in [0.717, 1.165) is 10.5 Å². The Bertz CT molecular complexity index is 2510. The molecule has 2 aromatic rings. The third-order valence-electron chi connectivity index (χ3n) is 15.8. The summed E-state index contributed by atoms with van der Waals surface area (Å²) in [4.78, 5) is 113.